The van der Waals surface area contributed by atoms with Crippen LogP contribution in [0.2, 0.25) is 0 Å². The minimum absolute atomic E-state index is 0.184. The first kappa shape index (κ1) is 15.7. The lowest BCUT2D eigenvalue weighted by Crippen LogP contribution is -2.56. The molecule has 120 valence electrons. The van der Waals surface area contributed by atoms with Crippen molar-refractivity contribution < 1.29 is 9.53 Å². The van der Waals surface area contributed by atoms with Crippen LogP contribution >= 0.6 is 15.9 Å². The highest BCUT2D eigenvalue weighted by atomic mass is 79.9. The van der Waals surface area contributed by atoms with Crippen LogP contribution in [-0.4, -0.2) is 41.8 Å². The summed E-state index contributed by atoms with van der Waals surface area (Å²) in [5.74, 6) is 0. The van der Waals surface area contributed by atoms with Crippen LogP contribution in [0.3, 0.4) is 0 Å². The molecule has 3 rings (SSSR count). The maximum absolute atomic E-state index is 12.3. The number of benzene rings is 1. The molecule has 2 fully saturated rings. The van der Waals surface area contributed by atoms with Crippen molar-refractivity contribution in [3.05, 3.63) is 28.7 Å². The maximum Gasteiger partial charge on any atom is 0.410 e. The first-order valence-electron chi connectivity index (χ1n) is 7.86. The number of piperazine rings is 1. The van der Waals surface area contributed by atoms with Crippen molar-refractivity contribution in [3.8, 4) is 0 Å². The first-order valence-corrected chi connectivity index (χ1v) is 8.65. The fourth-order valence-electron chi connectivity index (χ4n) is 3.43. The maximum atomic E-state index is 12.3. The van der Waals surface area contributed by atoms with Crippen LogP contribution in [0.25, 0.3) is 0 Å². The average Bonchev–Trinajstić information content (AvgIpc) is 2.67. The Morgan fingerprint density at radius 2 is 1.77 bits per heavy atom. The molecule has 4 nitrogen and oxygen atoms in total. The lowest BCUT2D eigenvalue weighted by atomic mass is 10.1. The van der Waals surface area contributed by atoms with E-state index < -0.39 is 5.60 Å². The summed E-state index contributed by atoms with van der Waals surface area (Å²) in [5, 5.41) is 0. The van der Waals surface area contributed by atoms with Crippen LogP contribution in [0.15, 0.2) is 28.7 Å². The second-order valence-corrected chi connectivity index (χ2v) is 7.98. The number of carbonyl (C=O) groups is 1. The van der Waals surface area contributed by atoms with E-state index in [0.717, 1.165) is 30.4 Å². The number of hydrogen-bond donors (Lipinski definition) is 0. The van der Waals surface area contributed by atoms with Crippen LogP contribution in [-0.2, 0) is 4.74 Å². The Hall–Kier alpha value is -1.23. The molecule has 2 bridgehead atoms. The van der Waals surface area contributed by atoms with Gasteiger partial charge in [-0.05, 0) is 61.7 Å². The lowest BCUT2D eigenvalue weighted by molar-refractivity contribution is 0.0209. The van der Waals surface area contributed by atoms with Gasteiger partial charge in [-0.25, -0.2) is 4.79 Å². The van der Waals surface area contributed by atoms with E-state index in [2.05, 4.69) is 39.0 Å². The highest BCUT2D eigenvalue weighted by Gasteiger charge is 2.42. The number of rotatable bonds is 1. The highest BCUT2D eigenvalue weighted by Crippen LogP contribution is 2.38. The number of para-hydroxylation sites is 1. The van der Waals surface area contributed by atoms with Crippen LogP contribution < -0.4 is 4.90 Å². The van der Waals surface area contributed by atoms with Gasteiger partial charge in [0.2, 0.25) is 0 Å². The van der Waals surface area contributed by atoms with Gasteiger partial charge in [-0.1, -0.05) is 12.1 Å². The molecule has 0 radical (unpaired) electrons. The summed E-state index contributed by atoms with van der Waals surface area (Å²) >= 11 is 3.65. The number of amides is 1. The Kier molecular flexibility index (Phi) is 4.10. The quantitative estimate of drug-likeness (QED) is 0.751. The van der Waals surface area contributed by atoms with Crippen molar-refractivity contribution in [2.45, 2.75) is 51.3 Å². The Labute approximate surface area is 140 Å². The van der Waals surface area contributed by atoms with E-state index in [1.54, 1.807) is 0 Å². The highest BCUT2D eigenvalue weighted by molar-refractivity contribution is 9.10. The van der Waals surface area contributed by atoms with Gasteiger partial charge in [-0.3, -0.25) is 0 Å². The van der Waals surface area contributed by atoms with Crippen molar-refractivity contribution in [2.75, 3.05) is 18.0 Å². The molecular weight excluding hydrogens is 344 g/mol. The fraction of sp³-hybridized carbons (Fsp3) is 0.588. The molecule has 0 spiro atoms. The summed E-state index contributed by atoms with van der Waals surface area (Å²) < 4.78 is 6.65. The zero-order valence-corrected chi connectivity index (χ0v) is 15.0. The molecule has 1 aromatic carbocycles. The molecular formula is C17H23BrN2O2. The van der Waals surface area contributed by atoms with Gasteiger partial charge in [0, 0.05) is 29.6 Å². The van der Waals surface area contributed by atoms with Gasteiger partial charge in [0.25, 0.3) is 0 Å². The molecule has 0 aromatic heterocycles. The standard InChI is InChI=1S/C17H23BrN2O2/c1-17(2,3)22-16(21)19-10-12-8-9-13(11-19)20(12)15-7-5-4-6-14(15)18/h4-7,12-13H,8-11H2,1-3H3. The van der Waals surface area contributed by atoms with Gasteiger partial charge in [0.05, 0.1) is 5.69 Å². The molecule has 2 unspecified atom stereocenters. The van der Waals surface area contributed by atoms with E-state index in [1.165, 1.54) is 5.69 Å². The third-order valence-corrected chi connectivity index (χ3v) is 4.94. The third-order valence-electron chi connectivity index (χ3n) is 4.26. The zero-order chi connectivity index (χ0) is 15.9. The Morgan fingerprint density at radius 1 is 1.18 bits per heavy atom. The molecule has 2 heterocycles. The number of halogens is 1. The smallest absolute Gasteiger partial charge is 0.410 e. The third kappa shape index (κ3) is 3.09. The topological polar surface area (TPSA) is 32.8 Å². The van der Waals surface area contributed by atoms with Gasteiger partial charge in [0.15, 0.2) is 0 Å². The van der Waals surface area contributed by atoms with Crippen LogP contribution in [0.1, 0.15) is 33.6 Å². The number of carbonyl (C=O) groups excluding carboxylic acids is 1. The SMILES string of the molecule is CC(C)(C)OC(=O)N1CC2CCC(C1)N2c1ccccc1Br. The second kappa shape index (κ2) is 5.76. The summed E-state index contributed by atoms with van der Waals surface area (Å²) in [6, 6.07) is 9.09. The van der Waals surface area contributed by atoms with Gasteiger partial charge in [-0.2, -0.15) is 0 Å². The molecule has 5 heteroatoms. The molecule has 0 saturated carbocycles. The molecule has 0 aliphatic carbocycles. The monoisotopic (exact) mass is 366 g/mol. The fourth-order valence-corrected chi connectivity index (χ4v) is 3.92. The van der Waals surface area contributed by atoms with E-state index in [1.807, 2.05) is 31.7 Å². The summed E-state index contributed by atoms with van der Waals surface area (Å²) in [6.45, 7) is 7.23. The summed E-state index contributed by atoms with van der Waals surface area (Å²) in [5.41, 5.74) is 0.800. The van der Waals surface area contributed by atoms with Crippen molar-refractivity contribution in [2.24, 2.45) is 0 Å². The number of likely N-dealkylation sites (tertiary alicyclic amines) is 1. The largest absolute Gasteiger partial charge is 0.444 e. The van der Waals surface area contributed by atoms with Gasteiger partial charge >= 0.3 is 6.09 Å². The molecule has 1 aromatic rings. The van der Waals surface area contributed by atoms with E-state index >= 15 is 0 Å². The molecule has 2 aliphatic heterocycles. The number of nitrogens with zero attached hydrogens (tertiary/aromatic N) is 2. The minimum atomic E-state index is -0.435. The van der Waals surface area contributed by atoms with Gasteiger partial charge in [0.1, 0.15) is 5.60 Å². The van der Waals surface area contributed by atoms with Crippen LogP contribution in [0, 0.1) is 0 Å². The normalized spacial score (nSPS) is 24.5. The first-order chi connectivity index (χ1) is 10.3. The Balaban J connectivity index is 1.75. The number of anilines is 1. The van der Waals surface area contributed by atoms with Crippen molar-refractivity contribution in [1.29, 1.82) is 0 Å². The second-order valence-electron chi connectivity index (χ2n) is 7.13. The van der Waals surface area contributed by atoms with Gasteiger partial charge < -0.3 is 14.5 Å². The predicted molar refractivity (Wildman–Crippen MR) is 91.2 cm³/mol. The molecule has 2 atom stereocenters. The number of fused-ring (bicyclic) bond motifs is 2. The minimum Gasteiger partial charge on any atom is -0.444 e. The van der Waals surface area contributed by atoms with Crippen LogP contribution in [0.4, 0.5) is 10.5 Å². The molecule has 0 N–H and O–H groups in total. The van der Waals surface area contributed by atoms with Crippen molar-refractivity contribution >= 4 is 27.7 Å². The van der Waals surface area contributed by atoms with Crippen LogP contribution in [0.5, 0.6) is 0 Å². The Morgan fingerprint density at radius 3 is 2.32 bits per heavy atom. The summed E-state index contributed by atoms with van der Waals surface area (Å²) in [4.78, 5) is 16.7. The molecule has 2 saturated heterocycles. The van der Waals surface area contributed by atoms with E-state index in [0.29, 0.717) is 12.1 Å². The zero-order valence-electron chi connectivity index (χ0n) is 13.4. The number of ether oxygens (including phenoxy) is 1. The van der Waals surface area contributed by atoms with E-state index in [9.17, 15) is 4.79 Å². The summed E-state index contributed by atoms with van der Waals surface area (Å²) in [6.07, 6.45) is 2.08. The molecule has 22 heavy (non-hydrogen) atoms. The molecule has 2 aliphatic rings. The van der Waals surface area contributed by atoms with E-state index in [-0.39, 0.29) is 6.09 Å². The lowest BCUT2D eigenvalue weighted by Gasteiger charge is -2.43. The summed E-state index contributed by atoms with van der Waals surface area (Å²) in [7, 11) is 0. The van der Waals surface area contributed by atoms with E-state index in [4.69, 9.17) is 4.74 Å². The van der Waals surface area contributed by atoms with Crippen molar-refractivity contribution in [3.63, 3.8) is 0 Å². The Bertz CT molecular complexity index is 556. The average molecular weight is 367 g/mol. The van der Waals surface area contributed by atoms with Crippen molar-refractivity contribution in [1.82, 2.24) is 4.90 Å². The number of hydrogen-bond acceptors (Lipinski definition) is 3. The van der Waals surface area contributed by atoms with Gasteiger partial charge in [-0.15, -0.1) is 0 Å². The predicted octanol–water partition coefficient (Wildman–Crippen LogP) is 4.04. The molecule has 1 amide bonds.